The summed E-state index contributed by atoms with van der Waals surface area (Å²) in [5.41, 5.74) is 8.38. The lowest BCUT2D eigenvalue weighted by molar-refractivity contribution is 0.469. The van der Waals surface area contributed by atoms with E-state index >= 15 is 0 Å². The Hall–Kier alpha value is -1.67. The number of hydrogen-bond acceptors (Lipinski definition) is 2. The minimum Gasteiger partial charge on any atom is -0.508 e. The van der Waals surface area contributed by atoms with Crippen molar-refractivity contribution in [1.82, 2.24) is 0 Å². The summed E-state index contributed by atoms with van der Waals surface area (Å²) in [7, 11) is 0. The van der Waals surface area contributed by atoms with E-state index in [1.54, 1.807) is 0 Å². The molecule has 3 heteroatoms. The molecule has 0 saturated carbocycles. The highest BCUT2D eigenvalue weighted by atomic mass is 35.5. The molecule has 2 N–H and O–H groups in total. The molecule has 0 amide bonds. The number of rotatable bonds is 3. The van der Waals surface area contributed by atoms with E-state index in [9.17, 15) is 10.2 Å². The lowest BCUT2D eigenvalue weighted by atomic mass is 9.80. The van der Waals surface area contributed by atoms with Gasteiger partial charge in [0.1, 0.15) is 11.5 Å². The topological polar surface area (TPSA) is 40.5 Å². The molecule has 0 unspecified atom stereocenters. The van der Waals surface area contributed by atoms with Crippen molar-refractivity contribution in [2.24, 2.45) is 0 Å². The lowest BCUT2D eigenvalue weighted by Crippen LogP contribution is -2.12. The molecule has 0 spiro atoms. The quantitative estimate of drug-likeness (QED) is 0.747. The number of halogens is 1. The van der Waals surface area contributed by atoms with E-state index in [0.717, 1.165) is 33.4 Å². The number of phenols is 2. The van der Waals surface area contributed by atoms with Crippen molar-refractivity contribution in [2.45, 2.75) is 47.5 Å². The lowest BCUT2D eigenvalue weighted by Gasteiger charge is -2.26. The molecule has 0 aliphatic heterocycles. The van der Waals surface area contributed by atoms with Gasteiger partial charge in [-0.05, 0) is 98.2 Å². The van der Waals surface area contributed by atoms with Gasteiger partial charge in [-0.2, -0.15) is 0 Å². The molecule has 0 fully saturated rings. The Morgan fingerprint density at radius 2 is 1.09 bits per heavy atom. The van der Waals surface area contributed by atoms with Crippen molar-refractivity contribution in [1.29, 1.82) is 0 Å². The maximum absolute atomic E-state index is 10.1. The Labute approximate surface area is 143 Å². The maximum Gasteiger partial charge on any atom is 0.119 e. The Morgan fingerprint density at radius 1 is 0.739 bits per heavy atom. The predicted octanol–water partition coefficient (Wildman–Crippen LogP) is 5.32. The fraction of sp³-hybridized carbons (Fsp3) is 0.400. The average molecular weight is 333 g/mol. The summed E-state index contributed by atoms with van der Waals surface area (Å²) < 4.78 is 0. The molecule has 0 aromatic heterocycles. The molecule has 0 aliphatic carbocycles. The van der Waals surface area contributed by atoms with Gasteiger partial charge in [0.15, 0.2) is 0 Å². The minimum absolute atomic E-state index is 0.0373. The Balaban J connectivity index is 2.78. The first-order valence-electron chi connectivity index (χ1n) is 7.85. The number of benzene rings is 2. The summed E-state index contributed by atoms with van der Waals surface area (Å²) in [5, 5.41) is 20.1. The van der Waals surface area contributed by atoms with Crippen molar-refractivity contribution < 1.29 is 10.2 Å². The highest BCUT2D eigenvalue weighted by Crippen LogP contribution is 2.40. The van der Waals surface area contributed by atoms with E-state index in [1.807, 2.05) is 53.7 Å². The second-order valence-electron chi connectivity index (χ2n) is 6.46. The third-order valence-electron chi connectivity index (χ3n) is 5.11. The van der Waals surface area contributed by atoms with Crippen LogP contribution in [-0.4, -0.2) is 16.1 Å². The Kier molecular flexibility index (Phi) is 4.95. The second-order valence-corrected chi connectivity index (χ2v) is 6.77. The zero-order valence-corrected chi connectivity index (χ0v) is 15.5. The molecule has 0 aliphatic rings. The summed E-state index contributed by atoms with van der Waals surface area (Å²) >= 11 is 6.38. The maximum atomic E-state index is 10.1. The molecular formula is C20H25ClO2. The number of hydrogen-bond donors (Lipinski definition) is 2. The number of aryl methyl sites for hydroxylation is 2. The largest absolute Gasteiger partial charge is 0.508 e. The standard InChI is InChI=1S/C20H25ClO2/c1-10-7-17(22)12(3)14(5)19(10)16(9-21)20-11(2)8-18(23)13(4)15(20)6/h7-8,16,22-23H,9H2,1-6H3. The van der Waals surface area contributed by atoms with Gasteiger partial charge in [0.2, 0.25) is 0 Å². The van der Waals surface area contributed by atoms with E-state index < -0.39 is 0 Å². The fourth-order valence-electron chi connectivity index (χ4n) is 3.53. The van der Waals surface area contributed by atoms with Crippen LogP contribution >= 0.6 is 11.6 Å². The monoisotopic (exact) mass is 332 g/mol. The summed E-state index contributed by atoms with van der Waals surface area (Å²) in [6.07, 6.45) is 0. The molecule has 2 nitrogen and oxygen atoms in total. The number of alkyl halides is 1. The van der Waals surface area contributed by atoms with E-state index in [1.165, 1.54) is 11.1 Å². The Morgan fingerprint density at radius 3 is 1.39 bits per heavy atom. The molecule has 0 saturated heterocycles. The molecule has 124 valence electrons. The van der Waals surface area contributed by atoms with Gasteiger partial charge < -0.3 is 10.2 Å². The van der Waals surface area contributed by atoms with Crippen LogP contribution in [0.3, 0.4) is 0 Å². The number of phenolic OH excluding ortho intramolecular Hbond substituents is 2. The Bertz CT molecular complexity index is 700. The third-order valence-corrected chi connectivity index (χ3v) is 5.42. The van der Waals surface area contributed by atoms with Crippen molar-refractivity contribution in [2.75, 3.05) is 5.88 Å². The van der Waals surface area contributed by atoms with Crippen molar-refractivity contribution in [3.63, 3.8) is 0 Å². The van der Waals surface area contributed by atoms with E-state index in [0.29, 0.717) is 17.4 Å². The molecule has 0 heterocycles. The molecule has 0 bridgehead atoms. The summed E-state index contributed by atoms with van der Waals surface area (Å²) in [6.45, 7) is 12.0. The van der Waals surface area contributed by atoms with Crippen LogP contribution in [0.1, 0.15) is 50.4 Å². The van der Waals surface area contributed by atoms with Gasteiger partial charge in [-0.15, -0.1) is 11.6 Å². The second kappa shape index (κ2) is 6.45. The highest BCUT2D eigenvalue weighted by Gasteiger charge is 2.24. The molecule has 2 aromatic carbocycles. The predicted molar refractivity (Wildman–Crippen MR) is 97.2 cm³/mol. The zero-order chi connectivity index (χ0) is 17.5. The SMILES string of the molecule is Cc1cc(O)c(C)c(C)c1C(CCl)c1c(C)cc(O)c(C)c1C. The van der Waals surface area contributed by atoms with E-state index in [4.69, 9.17) is 11.6 Å². The normalized spacial score (nSPS) is 11.3. The van der Waals surface area contributed by atoms with Crippen LogP contribution in [0.5, 0.6) is 11.5 Å². The van der Waals surface area contributed by atoms with Gasteiger partial charge in [-0.25, -0.2) is 0 Å². The van der Waals surface area contributed by atoms with Gasteiger partial charge in [0.05, 0.1) is 0 Å². The summed E-state index contributed by atoms with van der Waals surface area (Å²) in [5.74, 6) is 1.15. The van der Waals surface area contributed by atoms with Gasteiger partial charge >= 0.3 is 0 Å². The first kappa shape index (κ1) is 17.7. The molecule has 2 rings (SSSR count). The molecule has 2 aromatic rings. The third kappa shape index (κ3) is 2.92. The van der Waals surface area contributed by atoms with Crippen molar-refractivity contribution in [3.05, 3.63) is 56.6 Å². The summed E-state index contributed by atoms with van der Waals surface area (Å²) in [6, 6.07) is 3.63. The molecule has 23 heavy (non-hydrogen) atoms. The average Bonchev–Trinajstić information content (AvgIpc) is 2.49. The van der Waals surface area contributed by atoms with Crippen molar-refractivity contribution in [3.8, 4) is 11.5 Å². The fourth-order valence-corrected chi connectivity index (χ4v) is 3.84. The molecule has 0 atom stereocenters. The summed E-state index contributed by atoms with van der Waals surface area (Å²) in [4.78, 5) is 0. The molecular weight excluding hydrogens is 308 g/mol. The first-order chi connectivity index (χ1) is 10.7. The van der Waals surface area contributed by atoms with Gasteiger partial charge in [-0.1, -0.05) is 0 Å². The van der Waals surface area contributed by atoms with Crippen LogP contribution in [0.25, 0.3) is 0 Å². The van der Waals surface area contributed by atoms with Gasteiger partial charge in [-0.3, -0.25) is 0 Å². The first-order valence-corrected chi connectivity index (χ1v) is 8.39. The van der Waals surface area contributed by atoms with Crippen LogP contribution in [0, 0.1) is 41.5 Å². The zero-order valence-electron chi connectivity index (χ0n) is 14.7. The van der Waals surface area contributed by atoms with Crippen LogP contribution in [0.15, 0.2) is 12.1 Å². The minimum atomic E-state index is 0.0373. The van der Waals surface area contributed by atoms with Gasteiger partial charge in [0, 0.05) is 11.8 Å². The van der Waals surface area contributed by atoms with E-state index in [2.05, 4.69) is 0 Å². The van der Waals surface area contributed by atoms with Crippen LogP contribution in [0.4, 0.5) is 0 Å². The molecule has 0 radical (unpaired) electrons. The van der Waals surface area contributed by atoms with E-state index in [-0.39, 0.29) is 5.92 Å². The smallest absolute Gasteiger partial charge is 0.119 e. The van der Waals surface area contributed by atoms with Crippen LogP contribution in [0.2, 0.25) is 0 Å². The van der Waals surface area contributed by atoms with Crippen molar-refractivity contribution >= 4 is 11.6 Å². The van der Waals surface area contributed by atoms with Gasteiger partial charge in [0.25, 0.3) is 0 Å². The van der Waals surface area contributed by atoms with Crippen LogP contribution in [-0.2, 0) is 0 Å². The highest BCUT2D eigenvalue weighted by molar-refractivity contribution is 6.18. The van der Waals surface area contributed by atoms with Crippen LogP contribution < -0.4 is 0 Å². The number of aromatic hydroxyl groups is 2.